The first kappa shape index (κ1) is 10.2. The second-order valence-corrected chi connectivity index (χ2v) is 3.19. The summed E-state index contributed by atoms with van der Waals surface area (Å²) in [6.07, 6.45) is 7.40. The zero-order valence-corrected chi connectivity index (χ0v) is 8.58. The van der Waals surface area contributed by atoms with Crippen LogP contribution in [0.4, 0.5) is 0 Å². The molecular weight excluding hydrogens is 200 g/mol. The SMILES string of the molecule is O=C/C=C/c1ccc(-c2ncccn2)cc1. The van der Waals surface area contributed by atoms with Gasteiger partial charge in [-0.1, -0.05) is 30.3 Å². The van der Waals surface area contributed by atoms with Gasteiger partial charge < -0.3 is 0 Å². The maximum atomic E-state index is 10.2. The molecule has 1 aromatic heterocycles. The van der Waals surface area contributed by atoms with Gasteiger partial charge in [-0.3, -0.25) is 4.79 Å². The fourth-order valence-electron chi connectivity index (χ4n) is 1.34. The van der Waals surface area contributed by atoms with Crippen LogP contribution in [-0.2, 0) is 4.79 Å². The minimum absolute atomic E-state index is 0.702. The van der Waals surface area contributed by atoms with Crippen LogP contribution in [0.15, 0.2) is 48.8 Å². The van der Waals surface area contributed by atoms with Crippen LogP contribution in [0.3, 0.4) is 0 Å². The third-order valence-corrected chi connectivity index (χ3v) is 2.10. The van der Waals surface area contributed by atoms with Crippen molar-refractivity contribution in [2.24, 2.45) is 0 Å². The summed E-state index contributed by atoms with van der Waals surface area (Å²) in [5.74, 6) is 0.702. The Morgan fingerprint density at radius 1 is 1.00 bits per heavy atom. The number of hydrogen-bond acceptors (Lipinski definition) is 3. The first-order chi connectivity index (χ1) is 7.90. The van der Waals surface area contributed by atoms with E-state index < -0.39 is 0 Å². The highest BCUT2D eigenvalue weighted by molar-refractivity contribution is 5.74. The van der Waals surface area contributed by atoms with Gasteiger partial charge in [0.2, 0.25) is 0 Å². The molecule has 0 saturated carbocycles. The Morgan fingerprint density at radius 2 is 1.69 bits per heavy atom. The van der Waals surface area contributed by atoms with E-state index in [9.17, 15) is 4.79 Å². The lowest BCUT2D eigenvalue weighted by Crippen LogP contribution is -1.86. The summed E-state index contributed by atoms with van der Waals surface area (Å²) in [7, 11) is 0. The van der Waals surface area contributed by atoms with Crippen LogP contribution in [0.2, 0.25) is 0 Å². The smallest absolute Gasteiger partial charge is 0.159 e. The second kappa shape index (κ2) is 4.98. The molecule has 3 heteroatoms. The first-order valence-corrected chi connectivity index (χ1v) is 4.89. The van der Waals surface area contributed by atoms with E-state index in [0.29, 0.717) is 5.82 Å². The summed E-state index contributed by atoms with van der Waals surface area (Å²) >= 11 is 0. The molecule has 1 heterocycles. The third kappa shape index (κ3) is 2.39. The van der Waals surface area contributed by atoms with Gasteiger partial charge in [0.05, 0.1) is 0 Å². The monoisotopic (exact) mass is 210 g/mol. The van der Waals surface area contributed by atoms with E-state index in [1.807, 2.05) is 24.3 Å². The Kier molecular flexibility index (Phi) is 3.18. The van der Waals surface area contributed by atoms with Crippen molar-refractivity contribution in [2.75, 3.05) is 0 Å². The first-order valence-electron chi connectivity index (χ1n) is 4.89. The molecule has 16 heavy (non-hydrogen) atoms. The normalized spacial score (nSPS) is 10.5. The van der Waals surface area contributed by atoms with Crippen molar-refractivity contribution >= 4 is 12.4 Å². The Bertz CT molecular complexity index is 489. The van der Waals surface area contributed by atoms with Gasteiger partial charge in [0, 0.05) is 18.0 Å². The van der Waals surface area contributed by atoms with E-state index in [1.165, 1.54) is 6.08 Å². The molecule has 0 unspecified atom stereocenters. The van der Waals surface area contributed by atoms with E-state index in [-0.39, 0.29) is 0 Å². The van der Waals surface area contributed by atoms with Crippen molar-refractivity contribution in [3.05, 3.63) is 54.4 Å². The van der Waals surface area contributed by atoms with Crippen molar-refractivity contribution in [1.29, 1.82) is 0 Å². The number of benzene rings is 1. The van der Waals surface area contributed by atoms with Crippen LogP contribution in [-0.4, -0.2) is 16.3 Å². The third-order valence-electron chi connectivity index (χ3n) is 2.10. The standard InChI is InChI=1S/C13H10N2O/c16-10-1-3-11-4-6-12(7-5-11)13-14-8-2-9-15-13/h1-10H/b3-1+. The van der Waals surface area contributed by atoms with Crippen molar-refractivity contribution in [3.63, 3.8) is 0 Å². The average Bonchev–Trinajstić information content (AvgIpc) is 2.38. The molecule has 0 aliphatic heterocycles. The highest BCUT2D eigenvalue weighted by Gasteiger charge is 1.98. The predicted octanol–water partition coefficient (Wildman–Crippen LogP) is 2.36. The lowest BCUT2D eigenvalue weighted by Gasteiger charge is -1.99. The molecule has 0 saturated heterocycles. The lowest BCUT2D eigenvalue weighted by molar-refractivity contribution is -0.104. The number of rotatable bonds is 3. The van der Waals surface area contributed by atoms with Crippen LogP contribution in [0.1, 0.15) is 5.56 Å². The number of carbonyl (C=O) groups excluding carboxylic acids is 1. The summed E-state index contributed by atoms with van der Waals surface area (Å²) < 4.78 is 0. The largest absolute Gasteiger partial charge is 0.299 e. The van der Waals surface area contributed by atoms with Gasteiger partial charge in [-0.25, -0.2) is 9.97 Å². The summed E-state index contributed by atoms with van der Waals surface area (Å²) in [5.41, 5.74) is 1.94. The maximum absolute atomic E-state index is 10.2. The molecule has 1 aromatic carbocycles. The molecule has 2 rings (SSSR count). The summed E-state index contributed by atoms with van der Waals surface area (Å²) in [6, 6.07) is 9.49. The molecule has 0 spiro atoms. The van der Waals surface area contributed by atoms with Crippen LogP contribution in [0.25, 0.3) is 17.5 Å². The highest BCUT2D eigenvalue weighted by atomic mass is 16.1. The molecule has 2 aromatic rings. The Hall–Kier alpha value is -2.29. The Morgan fingerprint density at radius 3 is 2.31 bits per heavy atom. The van der Waals surface area contributed by atoms with Gasteiger partial charge >= 0.3 is 0 Å². The lowest BCUT2D eigenvalue weighted by atomic mass is 10.1. The van der Waals surface area contributed by atoms with E-state index in [2.05, 4.69) is 9.97 Å². The van der Waals surface area contributed by atoms with Gasteiger partial charge in [-0.15, -0.1) is 0 Å². The molecular formula is C13H10N2O. The topological polar surface area (TPSA) is 42.9 Å². The zero-order valence-electron chi connectivity index (χ0n) is 8.58. The van der Waals surface area contributed by atoms with Crippen molar-refractivity contribution in [3.8, 4) is 11.4 Å². The van der Waals surface area contributed by atoms with E-state index >= 15 is 0 Å². The second-order valence-electron chi connectivity index (χ2n) is 3.19. The fraction of sp³-hybridized carbons (Fsp3) is 0. The van der Waals surface area contributed by atoms with E-state index in [4.69, 9.17) is 0 Å². The molecule has 0 amide bonds. The fourth-order valence-corrected chi connectivity index (χ4v) is 1.34. The van der Waals surface area contributed by atoms with Gasteiger partial charge in [-0.05, 0) is 17.7 Å². The number of hydrogen-bond donors (Lipinski definition) is 0. The molecule has 0 aliphatic carbocycles. The summed E-state index contributed by atoms with van der Waals surface area (Å²) in [5, 5.41) is 0. The van der Waals surface area contributed by atoms with E-state index in [0.717, 1.165) is 17.4 Å². The highest BCUT2D eigenvalue weighted by Crippen LogP contribution is 2.15. The van der Waals surface area contributed by atoms with Crippen molar-refractivity contribution in [2.45, 2.75) is 0 Å². The number of nitrogens with zero attached hydrogens (tertiary/aromatic N) is 2. The van der Waals surface area contributed by atoms with Gasteiger partial charge in [0.1, 0.15) is 6.29 Å². The van der Waals surface area contributed by atoms with Crippen molar-refractivity contribution in [1.82, 2.24) is 9.97 Å². The molecule has 0 bridgehead atoms. The summed E-state index contributed by atoms with van der Waals surface area (Å²) in [4.78, 5) is 18.5. The average molecular weight is 210 g/mol. The molecule has 78 valence electrons. The Balaban J connectivity index is 2.26. The van der Waals surface area contributed by atoms with Gasteiger partial charge in [-0.2, -0.15) is 0 Å². The number of allylic oxidation sites excluding steroid dienone is 1. The number of aldehydes is 1. The molecule has 0 atom stereocenters. The molecule has 0 aliphatic rings. The Labute approximate surface area is 93.5 Å². The number of aromatic nitrogens is 2. The molecule has 0 fully saturated rings. The molecule has 0 radical (unpaired) electrons. The minimum Gasteiger partial charge on any atom is -0.299 e. The maximum Gasteiger partial charge on any atom is 0.159 e. The van der Waals surface area contributed by atoms with Crippen LogP contribution >= 0.6 is 0 Å². The van der Waals surface area contributed by atoms with Gasteiger partial charge in [0.15, 0.2) is 5.82 Å². The predicted molar refractivity (Wildman–Crippen MR) is 62.6 cm³/mol. The van der Waals surface area contributed by atoms with Crippen molar-refractivity contribution < 1.29 is 4.79 Å². The van der Waals surface area contributed by atoms with Crippen LogP contribution < -0.4 is 0 Å². The summed E-state index contributed by atoms with van der Waals surface area (Å²) in [6.45, 7) is 0. The van der Waals surface area contributed by atoms with Crippen LogP contribution in [0.5, 0.6) is 0 Å². The molecule has 3 nitrogen and oxygen atoms in total. The van der Waals surface area contributed by atoms with Crippen LogP contribution in [0, 0.1) is 0 Å². The van der Waals surface area contributed by atoms with Gasteiger partial charge in [0.25, 0.3) is 0 Å². The zero-order chi connectivity index (χ0) is 11.2. The quantitative estimate of drug-likeness (QED) is 0.577. The minimum atomic E-state index is 0.702. The molecule has 0 N–H and O–H groups in total. The van der Waals surface area contributed by atoms with E-state index in [1.54, 1.807) is 24.5 Å². The number of carbonyl (C=O) groups is 1.